The average Bonchev–Trinajstić information content (AvgIpc) is 3.72. The topological polar surface area (TPSA) is 54.8 Å². The van der Waals surface area contributed by atoms with Gasteiger partial charge in [-0.05, 0) is 66.4 Å². The zero-order chi connectivity index (χ0) is 33.0. The van der Waals surface area contributed by atoms with E-state index in [2.05, 4.69) is 137 Å². The van der Waals surface area contributed by atoms with Crippen LogP contribution in [-0.4, -0.2) is 16.2 Å². The molecule has 5 heteroatoms. The number of aliphatic imine (C=N–C) groups is 2. The lowest BCUT2D eigenvalue weighted by Gasteiger charge is -2.23. The molecule has 10 rings (SSSR count). The smallest absolute Gasteiger partial charge is 0.169 e. The number of hydrogen-bond acceptors (Lipinski definition) is 4. The molecular weight excluding hydrogens is 613 g/mol. The third kappa shape index (κ3) is 4.78. The van der Waals surface area contributed by atoms with Crippen molar-refractivity contribution in [3.8, 4) is 5.69 Å². The molecule has 1 aliphatic heterocycles. The molecule has 0 amide bonds. The first-order chi connectivity index (χ1) is 24.8. The van der Waals surface area contributed by atoms with Crippen molar-refractivity contribution in [2.45, 2.75) is 19.0 Å². The van der Waals surface area contributed by atoms with Gasteiger partial charge in [0.15, 0.2) is 6.17 Å². The quantitative estimate of drug-likeness (QED) is 0.203. The molecule has 238 valence electrons. The summed E-state index contributed by atoms with van der Waals surface area (Å²) >= 11 is 0. The number of nitrogens with one attached hydrogen (secondary N) is 1. The number of aromatic nitrogens is 1. The number of nitrogens with zero attached hydrogens (tertiary/aromatic N) is 3. The van der Waals surface area contributed by atoms with E-state index in [1.165, 1.54) is 16.5 Å². The molecule has 50 heavy (non-hydrogen) atoms. The van der Waals surface area contributed by atoms with Crippen molar-refractivity contribution in [1.82, 2.24) is 9.88 Å². The first-order valence-electron chi connectivity index (χ1n) is 17.2. The van der Waals surface area contributed by atoms with Gasteiger partial charge in [-0.2, -0.15) is 0 Å². The number of fused-ring (bicyclic) bond motifs is 6. The largest absolute Gasteiger partial charge is 0.456 e. The van der Waals surface area contributed by atoms with Crippen LogP contribution in [0.3, 0.4) is 0 Å². The summed E-state index contributed by atoms with van der Waals surface area (Å²) in [5.41, 5.74) is 10.6. The standard InChI is InChI=1S/C45H32N4O/c1-3-13-29(14-4-1)31-17-11-18-32(25-31)44-46-43(30-15-5-2-6-16-30)47-45(48-44)33-19-12-20-34(26-33)49-39-23-9-7-21-35(39)37-28-42-38(27-40(37)49)36-22-8-10-24-41(36)50-42/h2-3,5-28,45H,1,4H2,(H,46,47,48). The summed E-state index contributed by atoms with van der Waals surface area (Å²) < 4.78 is 8.67. The van der Waals surface area contributed by atoms with Crippen LogP contribution >= 0.6 is 0 Å². The van der Waals surface area contributed by atoms with Crippen LogP contribution in [0.2, 0.25) is 0 Å². The Bertz CT molecular complexity index is 2740. The minimum absolute atomic E-state index is 0.434. The minimum atomic E-state index is -0.434. The van der Waals surface area contributed by atoms with Crippen LogP contribution < -0.4 is 5.32 Å². The number of allylic oxidation sites excluding steroid dienone is 4. The summed E-state index contributed by atoms with van der Waals surface area (Å²) in [7, 11) is 0. The predicted octanol–water partition coefficient (Wildman–Crippen LogP) is 10.9. The van der Waals surface area contributed by atoms with E-state index in [0.29, 0.717) is 0 Å². The van der Waals surface area contributed by atoms with Crippen LogP contribution in [0.15, 0.2) is 172 Å². The fourth-order valence-electron chi connectivity index (χ4n) is 7.45. The van der Waals surface area contributed by atoms with E-state index in [1.54, 1.807) is 0 Å². The number of para-hydroxylation sites is 2. The Morgan fingerprint density at radius 1 is 0.560 bits per heavy atom. The molecule has 6 aromatic carbocycles. The van der Waals surface area contributed by atoms with E-state index in [1.807, 2.05) is 30.3 Å². The van der Waals surface area contributed by atoms with Crippen LogP contribution in [-0.2, 0) is 0 Å². The second kappa shape index (κ2) is 11.6. The van der Waals surface area contributed by atoms with Crippen molar-refractivity contribution >= 4 is 61.0 Å². The second-order valence-electron chi connectivity index (χ2n) is 13.0. The fraction of sp³-hybridized carbons (Fsp3) is 0.0667. The van der Waals surface area contributed by atoms with Crippen molar-refractivity contribution in [3.05, 3.63) is 180 Å². The monoisotopic (exact) mass is 644 g/mol. The Balaban J connectivity index is 1.13. The van der Waals surface area contributed by atoms with Gasteiger partial charge < -0.3 is 14.3 Å². The van der Waals surface area contributed by atoms with Gasteiger partial charge >= 0.3 is 0 Å². The highest BCUT2D eigenvalue weighted by atomic mass is 16.3. The van der Waals surface area contributed by atoms with Crippen molar-refractivity contribution in [1.29, 1.82) is 0 Å². The molecule has 2 aromatic heterocycles. The van der Waals surface area contributed by atoms with Crippen LogP contribution in [0, 0.1) is 0 Å². The lowest BCUT2D eigenvalue weighted by Crippen LogP contribution is -2.36. The Hall–Kier alpha value is -6.46. The molecule has 0 saturated carbocycles. The zero-order valence-corrected chi connectivity index (χ0v) is 27.3. The molecule has 1 N–H and O–H groups in total. The number of benzene rings is 6. The van der Waals surface area contributed by atoms with E-state index < -0.39 is 6.17 Å². The van der Waals surface area contributed by atoms with Gasteiger partial charge in [0.25, 0.3) is 0 Å². The maximum Gasteiger partial charge on any atom is 0.169 e. The third-order valence-electron chi connectivity index (χ3n) is 9.85. The molecule has 0 spiro atoms. The van der Waals surface area contributed by atoms with E-state index in [4.69, 9.17) is 14.4 Å². The van der Waals surface area contributed by atoms with Crippen molar-refractivity contribution in [2.24, 2.45) is 9.98 Å². The van der Waals surface area contributed by atoms with Gasteiger partial charge in [0, 0.05) is 43.9 Å². The summed E-state index contributed by atoms with van der Waals surface area (Å²) in [4.78, 5) is 10.5. The van der Waals surface area contributed by atoms with Gasteiger partial charge in [-0.25, -0.2) is 9.98 Å². The minimum Gasteiger partial charge on any atom is -0.456 e. The van der Waals surface area contributed by atoms with Gasteiger partial charge in [0.05, 0.1) is 11.0 Å². The first kappa shape index (κ1) is 28.5. The molecule has 5 nitrogen and oxygen atoms in total. The van der Waals surface area contributed by atoms with Gasteiger partial charge in [-0.3, -0.25) is 0 Å². The number of rotatable bonds is 5. The Kier molecular flexibility index (Phi) is 6.62. The molecule has 1 aliphatic carbocycles. The van der Waals surface area contributed by atoms with Crippen LogP contribution in [0.5, 0.6) is 0 Å². The van der Waals surface area contributed by atoms with Crippen LogP contribution in [0.25, 0.3) is 55.0 Å². The highest BCUT2D eigenvalue weighted by Gasteiger charge is 2.22. The van der Waals surface area contributed by atoms with Gasteiger partial charge in [-0.15, -0.1) is 0 Å². The van der Waals surface area contributed by atoms with E-state index in [9.17, 15) is 0 Å². The Morgan fingerprint density at radius 2 is 1.32 bits per heavy atom. The number of furan rings is 1. The highest BCUT2D eigenvalue weighted by Crippen LogP contribution is 2.39. The summed E-state index contributed by atoms with van der Waals surface area (Å²) in [6.07, 6.45) is 8.51. The van der Waals surface area contributed by atoms with Crippen LogP contribution in [0.4, 0.5) is 0 Å². The first-order valence-corrected chi connectivity index (χ1v) is 17.2. The maximum atomic E-state index is 6.31. The summed E-state index contributed by atoms with van der Waals surface area (Å²) in [6.45, 7) is 0. The number of amidine groups is 2. The molecule has 0 saturated heterocycles. The van der Waals surface area contributed by atoms with E-state index in [-0.39, 0.29) is 0 Å². The van der Waals surface area contributed by atoms with Crippen molar-refractivity contribution in [3.63, 3.8) is 0 Å². The predicted molar refractivity (Wildman–Crippen MR) is 206 cm³/mol. The molecular formula is C45H32N4O. The highest BCUT2D eigenvalue weighted by molar-refractivity contribution is 6.18. The lowest BCUT2D eigenvalue weighted by atomic mass is 9.97. The zero-order valence-electron chi connectivity index (χ0n) is 27.3. The van der Waals surface area contributed by atoms with E-state index >= 15 is 0 Å². The molecule has 0 fully saturated rings. The molecule has 8 aromatic rings. The second-order valence-corrected chi connectivity index (χ2v) is 13.0. The molecule has 1 unspecified atom stereocenters. The summed E-state index contributed by atoms with van der Waals surface area (Å²) in [6, 6.07) is 49.0. The lowest BCUT2D eigenvalue weighted by molar-refractivity contribution is 0.669. The van der Waals surface area contributed by atoms with Gasteiger partial charge in [0.1, 0.15) is 22.8 Å². The van der Waals surface area contributed by atoms with Crippen molar-refractivity contribution in [2.75, 3.05) is 0 Å². The third-order valence-corrected chi connectivity index (χ3v) is 9.85. The Morgan fingerprint density at radius 3 is 2.20 bits per heavy atom. The van der Waals surface area contributed by atoms with E-state index in [0.717, 1.165) is 85.2 Å². The molecule has 0 bridgehead atoms. The fourth-order valence-corrected chi connectivity index (χ4v) is 7.45. The van der Waals surface area contributed by atoms with Crippen molar-refractivity contribution < 1.29 is 4.42 Å². The molecule has 0 radical (unpaired) electrons. The van der Waals surface area contributed by atoms with Crippen LogP contribution in [0.1, 0.15) is 41.3 Å². The van der Waals surface area contributed by atoms with Gasteiger partial charge in [0.2, 0.25) is 0 Å². The summed E-state index contributed by atoms with van der Waals surface area (Å²) in [5.74, 6) is 1.61. The normalized spacial score (nSPS) is 16.1. The molecule has 3 heterocycles. The SMILES string of the molecule is C1=CC(c2cccc(C3=NC(c4cccc(-n5c6ccccc6c6cc7oc8ccccc8c7cc65)c4)N=C(c4ccccc4)N3)c2)=CCC1. The van der Waals surface area contributed by atoms with Gasteiger partial charge in [-0.1, -0.05) is 115 Å². The average molecular weight is 645 g/mol. The summed E-state index contributed by atoms with van der Waals surface area (Å²) in [5, 5.41) is 8.16. The Labute approximate surface area is 289 Å². The maximum absolute atomic E-state index is 6.31. The molecule has 1 atom stereocenters. The molecule has 2 aliphatic rings. The number of hydrogen-bond donors (Lipinski definition) is 1.